The van der Waals surface area contributed by atoms with Crippen LogP contribution >= 0.6 is 0 Å². The average Bonchev–Trinajstić information content (AvgIpc) is 3.27. The van der Waals surface area contributed by atoms with Gasteiger partial charge in [0.15, 0.2) is 0 Å². The van der Waals surface area contributed by atoms with E-state index < -0.39 is 0 Å². The Morgan fingerprint density at radius 1 is 1.04 bits per heavy atom. The van der Waals surface area contributed by atoms with Crippen molar-refractivity contribution in [2.45, 2.75) is 32.5 Å². The van der Waals surface area contributed by atoms with E-state index in [0.717, 1.165) is 0 Å². The van der Waals surface area contributed by atoms with Crippen LogP contribution in [0.5, 0.6) is 0 Å². The van der Waals surface area contributed by atoms with E-state index in [1.807, 2.05) is 0 Å². The lowest BCUT2D eigenvalue weighted by molar-refractivity contribution is -0.0752. The third-order valence-electron chi connectivity index (χ3n) is 5.60. The van der Waals surface area contributed by atoms with E-state index in [4.69, 9.17) is 4.74 Å². The zero-order valence-corrected chi connectivity index (χ0v) is 14.3. The molecule has 0 fully saturated rings. The first-order chi connectivity index (χ1) is 11.5. The van der Waals surface area contributed by atoms with Gasteiger partial charge in [-0.25, -0.2) is 0 Å². The zero-order chi connectivity index (χ0) is 16.5. The highest BCUT2D eigenvalue weighted by molar-refractivity contribution is 5.98. The molecule has 120 valence electrons. The van der Waals surface area contributed by atoms with Gasteiger partial charge in [-0.2, -0.15) is 0 Å². The Morgan fingerprint density at radius 2 is 1.83 bits per heavy atom. The van der Waals surface area contributed by atoms with E-state index in [-0.39, 0.29) is 17.1 Å². The largest absolute Gasteiger partial charge is 0.360 e. The monoisotopic (exact) mass is 315 g/mol. The van der Waals surface area contributed by atoms with Gasteiger partial charge >= 0.3 is 0 Å². The summed E-state index contributed by atoms with van der Waals surface area (Å²) in [5.41, 5.74) is 6.06. The van der Waals surface area contributed by atoms with Crippen LogP contribution in [0.3, 0.4) is 0 Å². The number of aromatic nitrogens is 1. The first-order valence-corrected chi connectivity index (χ1v) is 8.58. The molecule has 2 heteroatoms. The number of hydrogen-bond acceptors (Lipinski definition) is 1. The molecule has 0 spiro atoms. The molecule has 2 unspecified atom stereocenters. The zero-order valence-electron chi connectivity index (χ0n) is 14.3. The summed E-state index contributed by atoms with van der Waals surface area (Å²) < 4.78 is 6.49. The molecular weight excluding hydrogens is 294 g/mol. The van der Waals surface area contributed by atoms with Crippen molar-refractivity contribution in [3.05, 3.63) is 71.9 Å². The summed E-state index contributed by atoms with van der Waals surface area (Å²) in [6.45, 7) is 6.76. The van der Waals surface area contributed by atoms with E-state index in [1.165, 1.54) is 33.2 Å². The van der Waals surface area contributed by atoms with Crippen LogP contribution in [0.1, 0.15) is 38.0 Å². The van der Waals surface area contributed by atoms with Crippen LogP contribution in [0.25, 0.3) is 22.0 Å². The summed E-state index contributed by atoms with van der Waals surface area (Å²) in [5, 5.41) is 1.27. The second-order valence-electron chi connectivity index (χ2n) is 7.90. The van der Waals surface area contributed by atoms with Crippen molar-refractivity contribution in [1.29, 1.82) is 0 Å². The second kappa shape index (κ2) is 4.40. The SMILES string of the molecule is CC(C)(C)C12C=CC(O1)c1c2ccc2c(-c3ccccc3)c[nH]c12. The highest BCUT2D eigenvalue weighted by atomic mass is 16.5. The number of H-pyrrole nitrogens is 1. The number of benzene rings is 2. The minimum atomic E-state index is -0.306. The molecule has 3 heterocycles. The van der Waals surface area contributed by atoms with E-state index in [1.54, 1.807) is 0 Å². The molecular formula is C22H21NO. The number of hydrogen-bond donors (Lipinski definition) is 1. The summed E-state index contributed by atoms with van der Waals surface area (Å²) in [7, 11) is 0. The standard InChI is InChI=1S/C22H21NO/c1-21(2,3)22-12-11-18(24-22)19-17(22)10-9-15-16(13-23-20(15)19)14-7-5-4-6-8-14/h4-13,18,23H,1-3H3. The Labute approximate surface area is 142 Å². The Bertz CT molecular complexity index is 974. The normalized spacial score (nSPS) is 24.7. The van der Waals surface area contributed by atoms with E-state index in [2.05, 4.69) is 86.6 Å². The van der Waals surface area contributed by atoms with Gasteiger partial charge in [-0.15, -0.1) is 0 Å². The maximum atomic E-state index is 6.49. The fourth-order valence-electron chi connectivity index (χ4n) is 4.34. The van der Waals surface area contributed by atoms with Crippen LogP contribution in [-0.2, 0) is 10.3 Å². The van der Waals surface area contributed by atoms with Crippen LogP contribution in [0.15, 0.2) is 60.8 Å². The molecule has 1 N–H and O–H groups in total. The van der Waals surface area contributed by atoms with E-state index in [0.29, 0.717) is 0 Å². The number of ether oxygens (including phenoxy) is 1. The Kier molecular flexibility index (Phi) is 2.58. The van der Waals surface area contributed by atoms with Gasteiger partial charge < -0.3 is 9.72 Å². The molecule has 1 aromatic heterocycles. The van der Waals surface area contributed by atoms with Gasteiger partial charge in [-0.05, 0) is 22.6 Å². The molecule has 0 radical (unpaired) electrons. The van der Waals surface area contributed by atoms with Gasteiger partial charge in [0.2, 0.25) is 0 Å². The van der Waals surface area contributed by atoms with E-state index >= 15 is 0 Å². The third-order valence-corrected chi connectivity index (χ3v) is 5.60. The second-order valence-corrected chi connectivity index (χ2v) is 7.90. The first kappa shape index (κ1) is 14.1. The van der Waals surface area contributed by atoms with Crippen LogP contribution in [0.2, 0.25) is 0 Å². The molecule has 0 amide bonds. The van der Waals surface area contributed by atoms with Gasteiger partial charge in [-0.3, -0.25) is 0 Å². The minimum Gasteiger partial charge on any atom is -0.360 e. The third kappa shape index (κ3) is 1.59. The number of aromatic amines is 1. The molecule has 2 aliphatic rings. The van der Waals surface area contributed by atoms with Crippen molar-refractivity contribution in [3.63, 3.8) is 0 Å². The molecule has 0 saturated carbocycles. The molecule has 0 saturated heterocycles. The average molecular weight is 315 g/mol. The van der Waals surface area contributed by atoms with Gasteiger partial charge in [0.1, 0.15) is 11.7 Å². The van der Waals surface area contributed by atoms with Gasteiger partial charge in [-0.1, -0.05) is 69.3 Å². The summed E-state index contributed by atoms with van der Waals surface area (Å²) >= 11 is 0. The lowest BCUT2D eigenvalue weighted by Crippen LogP contribution is -2.36. The van der Waals surface area contributed by atoms with Crippen LogP contribution in [0.4, 0.5) is 0 Å². The topological polar surface area (TPSA) is 25.0 Å². The van der Waals surface area contributed by atoms with Crippen molar-refractivity contribution in [2.75, 3.05) is 0 Å². The lowest BCUT2D eigenvalue weighted by Gasteiger charge is -2.38. The number of fused-ring (bicyclic) bond motifs is 7. The molecule has 2 nitrogen and oxygen atoms in total. The Balaban J connectivity index is 1.77. The van der Waals surface area contributed by atoms with Gasteiger partial charge in [0.25, 0.3) is 0 Å². The molecule has 3 aromatic rings. The van der Waals surface area contributed by atoms with Crippen molar-refractivity contribution in [3.8, 4) is 11.1 Å². The van der Waals surface area contributed by atoms with Crippen molar-refractivity contribution in [1.82, 2.24) is 4.98 Å². The fraction of sp³-hybridized carbons (Fsp3) is 0.273. The molecule has 24 heavy (non-hydrogen) atoms. The molecule has 2 aromatic carbocycles. The first-order valence-electron chi connectivity index (χ1n) is 8.58. The van der Waals surface area contributed by atoms with Crippen molar-refractivity contribution < 1.29 is 4.74 Å². The summed E-state index contributed by atoms with van der Waals surface area (Å²) in [4.78, 5) is 3.53. The van der Waals surface area contributed by atoms with Gasteiger partial charge in [0.05, 0.1) is 5.52 Å². The maximum absolute atomic E-state index is 6.49. The lowest BCUT2D eigenvalue weighted by atomic mass is 9.70. The highest BCUT2D eigenvalue weighted by Crippen LogP contribution is 2.59. The number of nitrogens with one attached hydrogen (secondary N) is 1. The minimum absolute atomic E-state index is 0.0199. The Hall–Kier alpha value is -2.32. The molecule has 2 aliphatic heterocycles. The van der Waals surface area contributed by atoms with Crippen molar-refractivity contribution in [2.24, 2.45) is 5.41 Å². The highest BCUT2D eigenvalue weighted by Gasteiger charge is 2.54. The van der Waals surface area contributed by atoms with Crippen LogP contribution in [-0.4, -0.2) is 4.98 Å². The molecule has 0 aliphatic carbocycles. The quantitative estimate of drug-likeness (QED) is 0.571. The predicted octanol–water partition coefficient (Wildman–Crippen LogP) is 5.72. The summed E-state index contributed by atoms with van der Waals surface area (Å²) in [5.74, 6) is 0. The molecule has 5 rings (SSSR count). The smallest absolute Gasteiger partial charge is 0.118 e. The van der Waals surface area contributed by atoms with Gasteiger partial charge in [0, 0.05) is 22.7 Å². The predicted molar refractivity (Wildman–Crippen MR) is 97.8 cm³/mol. The van der Waals surface area contributed by atoms with Crippen LogP contribution < -0.4 is 0 Å². The van der Waals surface area contributed by atoms with Crippen molar-refractivity contribution >= 4 is 10.9 Å². The van der Waals surface area contributed by atoms with Crippen LogP contribution in [0, 0.1) is 5.41 Å². The molecule has 2 bridgehead atoms. The summed E-state index contributed by atoms with van der Waals surface area (Å²) in [6, 6.07) is 15.1. The molecule has 2 atom stereocenters. The summed E-state index contributed by atoms with van der Waals surface area (Å²) in [6.07, 6.45) is 6.66. The number of rotatable bonds is 1. The Morgan fingerprint density at radius 3 is 2.58 bits per heavy atom. The fourth-order valence-corrected chi connectivity index (χ4v) is 4.34. The maximum Gasteiger partial charge on any atom is 0.118 e. The van der Waals surface area contributed by atoms with E-state index in [9.17, 15) is 0 Å².